The molecule has 1 aliphatic heterocycles. The smallest absolute Gasteiger partial charge is 0.247 e. The minimum absolute atomic E-state index is 0.123. The van der Waals surface area contributed by atoms with Crippen LogP contribution in [0.15, 0.2) is 24.4 Å². The van der Waals surface area contributed by atoms with E-state index in [1.54, 1.807) is 11.0 Å². The average Bonchev–Trinajstić information content (AvgIpc) is 3.55. The van der Waals surface area contributed by atoms with Gasteiger partial charge in [-0.25, -0.2) is 9.97 Å². The van der Waals surface area contributed by atoms with Crippen molar-refractivity contribution in [2.45, 2.75) is 57.3 Å². The maximum atomic E-state index is 13.1. The summed E-state index contributed by atoms with van der Waals surface area (Å²) in [6, 6.07) is 4.31. The molecule has 0 radical (unpaired) electrons. The van der Waals surface area contributed by atoms with Crippen molar-refractivity contribution in [1.82, 2.24) is 25.1 Å². The van der Waals surface area contributed by atoms with E-state index in [0.717, 1.165) is 12.1 Å². The molecule has 0 saturated carbocycles. The number of hydrogen-bond acceptors (Lipinski definition) is 10. The number of aliphatic hydroxyl groups is 2. The Morgan fingerprint density at radius 3 is 2.77 bits per heavy atom. The number of nitrogens with one attached hydrogen (secondary N) is 3. The number of anilines is 4. The van der Waals surface area contributed by atoms with Crippen LogP contribution in [0.25, 0.3) is 0 Å². The van der Waals surface area contributed by atoms with E-state index in [-0.39, 0.29) is 24.1 Å². The highest BCUT2D eigenvalue weighted by molar-refractivity contribution is 5.97. The van der Waals surface area contributed by atoms with E-state index in [4.69, 9.17) is 0 Å². The molecule has 1 fully saturated rings. The zero-order valence-electron chi connectivity index (χ0n) is 19.4. The van der Waals surface area contributed by atoms with Gasteiger partial charge in [-0.15, -0.1) is 0 Å². The lowest BCUT2D eigenvalue weighted by molar-refractivity contribution is -0.117. The number of aliphatic hydroxyl groups excluding tert-OH is 2. The summed E-state index contributed by atoms with van der Waals surface area (Å²) >= 11 is 0. The molecule has 4 heterocycles. The number of pyridine rings is 1. The van der Waals surface area contributed by atoms with Crippen molar-refractivity contribution in [2.75, 3.05) is 22.1 Å². The zero-order chi connectivity index (χ0) is 24.7. The van der Waals surface area contributed by atoms with Crippen molar-refractivity contribution in [2.24, 2.45) is 0 Å². The fourth-order valence-electron chi connectivity index (χ4n) is 4.50. The van der Waals surface area contributed by atoms with Crippen molar-refractivity contribution < 1.29 is 20.1 Å². The predicted octanol–water partition coefficient (Wildman–Crippen LogP) is 2.25. The second kappa shape index (κ2) is 9.12. The number of carbonyl (C=O) groups is 1. The molecule has 5 rings (SSSR count). The van der Waals surface area contributed by atoms with Crippen molar-refractivity contribution in [3.05, 3.63) is 41.3 Å². The van der Waals surface area contributed by atoms with Crippen LogP contribution in [0.1, 0.15) is 68.2 Å². The number of aromatic nitrogens is 5. The molecule has 0 bridgehead atoms. The fraction of sp³-hybridized carbons (Fsp3) is 0.435. The lowest BCUT2D eigenvalue weighted by Crippen LogP contribution is -2.40. The number of hydrogen-bond donors (Lipinski definition) is 6. The molecule has 3 aromatic heterocycles. The van der Waals surface area contributed by atoms with E-state index in [1.807, 2.05) is 19.9 Å². The van der Waals surface area contributed by atoms with Crippen LogP contribution in [0, 0.1) is 0 Å². The van der Waals surface area contributed by atoms with Gasteiger partial charge in [0.2, 0.25) is 17.7 Å². The second-order valence-electron chi connectivity index (χ2n) is 9.17. The minimum atomic E-state index is -0.939. The molecule has 3 atom stereocenters. The molecule has 0 aromatic carbocycles. The quantitative estimate of drug-likeness (QED) is 0.307. The molecule has 6 N–H and O–H groups in total. The molecule has 12 nitrogen and oxygen atoms in total. The Morgan fingerprint density at radius 1 is 1.23 bits per heavy atom. The monoisotopic (exact) mass is 480 g/mol. The SMILES string of the molecule is CC(C)c1cc(Nc2nc(N3CCCC3C(=O)Nc3ccc(O)nc3)nc3c2[C@@H](O)C[C@@H]3O)n[nH]1. The van der Waals surface area contributed by atoms with Gasteiger partial charge < -0.3 is 30.9 Å². The number of rotatable bonds is 6. The van der Waals surface area contributed by atoms with Crippen LogP contribution in [-0.2, 0) is 4.79 Å². The van der Waals surface area contributed by atoms with E-state index in [2.05, 4.69) is 35.8 Å². The number of amides is 1. The Balaban J connectivity index is 1.45. The summed E-state index contributed by atoms with van der Waals surface area (Å²) in [4.78, 5) is 27.9. The molecule has 12 heteroatoms. The third-order valence-corrected chi connectivity index (χ3v) is 6.35. The third kappa shape index (κ3) is 4.49. The number of nitrogens with zero attached hydrogens (tertiary/aromatic N) is 5. The summed E-state index contributed by atoms with van der Waals surface area (Å²) in [5, 5.41) is 43.7. The summed E-state index contributed by atoms with van der Waals surface area (Å²) < 4.78 is 0. The normalized spacial score (nSPS) is 21.4. The first-order chi connectivity index (χ1) is 16.8. The molecule has 0 spiro atoms. The third-order valence-electron chi connectivity index (χ3n) is 6.35. The minimum Gasteiger partial charge on any atom is -0.493 e. The van der Waals surface area contributed by atoms with E-state index in [1.165, 1.54) is 12.3 Å². The standard InChI is InChI=1S/C23H28N8O4/c1-11(2)13-8-17(30-29-13)26-21-19-15(32)9-16(33)20(19)27-23(28-21)31-7-3-4-14(31)22(35)25-12-5-6-18(34)24-10-12/h5-6,8,10-11,14-16,32-33H,3-4,7,9H2,1-2H3,(H,24,34)(H,25,35)(H2,26,27,28,29,30)/t14?,15-,16-/m0/s1. The van der Waals surface area contributed by atoms with Crippen LogP contribution in [-0.4, -0.2) is 59.0 Å². The highest BCUT2D eigenvalue weighted by Crippen LogP contribution is 2.43. The van der Waals surface area contributed by atoms with Crippen molar-refractivity contribution in [3.63, 3.8) is 0 Å². The topological polar surface area (TPSA) is 172 Å². The molecular weight excluding hydrogens is 452 g/mol. The first kappa shape index (κ1) is 23.0. The van der Waals surface area contributed by atoms with Crippen LogP contribution in [0.5, 0.6) is 5.88 Å². The largest absolute Gasteiger partial charge is 0.493 e. The Kier molecular flexibility index (Phi) is 5.99. The summed E-state index contributed by atoms with van der Waals surface area (Å²) in [6.07, 6.45) is 1.01. The van der Waals surface area contributed by atoms with Gasteiger partial charge >= 0.3 is 0 Å². The van der Waals surface area contributed by atoms with Crippen molar-refractivity contribution in [1.29, 1.82) is 0 Å². The van der Waals surface area contributed by atoms with Gasteiger partial charge in [0, 0.05) is 36.4 Å². The Morgan fingerprint density at radius 2 is 2.06 bits per heavy atom. The molecule has 1 aliphatic carbocycles. The van der Waals surface area contributed by atoms with Gasteiger partial charge in [-0.05, 0) is 24.8 Å². The first-order valence-electron chi connectivity index (χ1n) is 11.6. The molecule has 1 unspecified atom stereocenters. The van der Waals surface area contributed by atoms with E-state index in [0.29, 0.717) is 47.5 Å². The fourth-order valence-corrected chi connectivity index (χ4v) is 4.50. The van der Waals surface area contributed by atoms with Crippen LogP contribution < -0.4 is 15.5 Å². The zero-order valence-corrected chi connectivity index (χ0v) is 19.4. The summed E-state index contributed by atoms with van der Waals surface area (Å²) in [5.41, 5.74) is 2.19. The van der Waals surface area contributed by atoms with Gasteiger partial charge in [-0.2, -0.15) is 10.1 Å². The van der Waals surface area contributed by atoms with E-state index >= 15 is 0 Å². The van der Waals surface area contributed by atoms with Crippen LogP contribution in [0.2, 0.25) is 0 Å². The maximum absolute atomic E-state index is 13.1. The number of aromatic amines is 1. The maximum Gasteiger partial charge on any atom is 0.247 e. The molecule has 1 saturated heterocycles. The molecule has 184 valence electrons. The summed E-state index contributed by atoms with van der Waals surface area (Å²) in [6.45, 7) is 4.65. The lowest BCUT2D eigenvalue weighted by Gasteiger charge is -2.25. The van der Waals surface area contributed by atoms with Gasteiger partial charge in [0.1, 0.15) is 11.9 Å². The van der Waals surface area contributed by atoms with Gasteiger partial charge in [0.15, 0.2) is 5.82 Å². The predicted molar refractivity (Wildman–Crippen MR) is 127 cm³/mol. The van der Waals surface area contributed by atoms with Crippen LogP contribution >= 0.6 is 0 Å². The highest BCUT2D eigenvalue weighted by atomic mass is 16.3. The van der Waals surface area contributed by atoms with E-state index < -0.39 is 18.2 Å². The number of aromatic hydroxyl groups is 1. The van der Waals surface area contributed by atoms with E-state index in [9.17, 15) is 20.1 Å². The van der Waals surface area contributed by atoms with Gasteiger partial charge in [0.25, 0.3) is 0 Å². The molecular formula is C23H28N8O4. The first-order valence-corrected chi connectivity index (χ1v) is 11.6. The number of fused-ring (bicyclic) bond motifs is 1. The Labute approximate surface area is 201 Å². The molecule has 2 aliphatic rings. The molecule has 3 aromatic rings. The average molecular weight is 481 g/mol. The van der Waals surface area contributed by atoms with Crippen molar-refractivity contribution in [3.8, 4) is 5.88 Å². The van der Waals surface area contributed by atoms with Crippen LogP contribution in [0.4, 0.5) is 23.3 Å². The number of H-pyrrole nitrogens is 1. The Bertz CT molecular complexity index is 1230. The van der Waals surface area contributed by atoms with Crippen molar-refractivity contribution >= 4 is 29.2 Å². The Hall–Kier alpha value is -3.77. The van der Waals surface area contributed by atoms with Gasteiger partial charge in [-0.3, -0.25) is 9.89 Å². The van der Waals surface area contributed by atoms with Crippen LogP contribution in [0.3, 0.4) is 0 Å². The summed E-state index contributed by atoms with van der Waals surface area (Å²) in [7, 11) is 0. The lowest BCUT2D eigenvalue weighted by atomic mass is 10.1. The molecule has 35 heavy (non-hydrogen) atoms. The van der Waals surface area contributed by atoms with Gasteiger partial charge in [-0.1, -0.05) is 13.8 Å². The number of carbonyl (C=O) groups excluding carboxylic acids is 1. The van der Waals surface area contributed by atoms with Gasteiger partial charge in [0.05, 0.1) is 29.8 Å². The second-order valence-corrected chi connectivity index (χ2v) is 9.17. The summed E-state index contributed by atoms with van der Waals surface area (Å²) in [5.74, 6) is 1.05. The highest BCUT2D eigenvalue weighted by Gasteiger charge is 2.38. The molecule has 1 amide bonds.